The third kappa shape index (κ3) is 4.76. The molecule has 0 aromatic rings. The number of hydrogen-bond acceptors (Lipinski definition) is 3. The summed E-state index contributed by atoms with van der Waals surface area (Å²) in [6.07, 6.45) is 2.68. The molecule has 0 aromatic carbocycles. The van der Waals surface area contributed by atoms with Crippen molar-refractivity contribution in [3.63, 3.8) is 0 Å². The topological polar surface area (TPSA) is 113 Å². The lowest BCUT2D eigenvalue weighted by Gasteiger charge is -2.34. The molecule has 3 amide bonds. The molecular formula is C12H21N3O4. The smallest absolute Gasteiger partial charge is 0.318 e. The van der Waals surface area contributed by atoms with Crippen LogP contribution in [0.25, 0.3) is 0 Å². The van der Waals surface area contributed by atoms with Crippen LogP contribution >= 0.6 is 0 Å². The third-order valence-corrected chi connectivity index (χ3v) is 3.25. The molecule has 2 unspecified atom stereocenters. The van der Waals surface area contributed by atoms with E-state index in [4.69, 9.17) is 10.8 Å². The fraction of sp³-hybridized carbons (Fsp3) is 0.750. The van der Waals surface area contributed by atoms with Crippen molar-refractivity contribution in [1.82, 2.24) is 10.2 Å². The maximum absolute atomic E-state index is 12.0. The molecule has 0 aliphatic carbocycles. The number of carboxylic acid groups (broad SMARTS) is 1. The SMILES string of the molecule is CC(CCC(=O)O)NC(=O)N1CCCCC1C(N)=O. The lowest BCUT2D eigenvalue weighted by Crippen LogP contribution is -2.55. The zero-order valence-corrected chi connectivity index (χ0v) is 11.1. The standard InChI is InChI=1S/C12H21N3O4/c1-8(5-6-10(16)17)14-12(19)15-7-3-2-4-9(15)11(13)18/h8-9H,2-7H2,1H3,(H2,13,18)(H,14,19)(H,16,17). The Hall–Kier alpha value is -1.79. The van der Waals surface area contributed by atoms with Gasteiger partial charge in [-0.2, -0.15) is 0 Å². The molecular weight excluding hydrogens is 250 g/mol. The van der Waals surface area contributed by atoms with Crippen molar-refractivity contribution in [3.8, 4) is 0 Å². The molecule has 2 atom stereocenters. The van der Waals surface area contributed by atoms with E-state index in [2.05, 4.69) is 5.32 Å². The maximum Gasteiger partial charge on any atom is 0.318 e. The highest BCUT2D eigenvalue weighted by Gasteiger charge is 2.30. The first kappa shape index (κ1) is 15.3. The van der Waals surface area contributed by atoms with E-state index in [1.807, 2.05) is 0 Å². The van der Waals surface area contributed by atoms with E-state index in [-0.39, 0.29) is 18.5 Å². The van der Waals surface area contributed by atoms with Crippen molar-refractivity contribution in [2.45, 2.75) is 51.1 Å². The lowest BCUT2D eigenvalue weighted by atomic mass is 10.0. The molecule has 1 rings (SSSR count). The minimum Gasteiger partial charge on any atom is -0.481 e. The highest BCUT2D eigenvalue weighted by Crippen LogP contribution is 2.17. The van der Waals surface area contributed by atoms with Gasteiger partial charge in [-0.25, -0.2) is 4.79 Å². The van der Waals surface area contributed by atoms with Crippen molar-refractivity contribution >= 4 is 17.9 Å². The van der Waals surface area contributed by atoms with E-state index in [1.165, 1.54) is 4.90 Å². The van der Waals surface area contributed by atoms with Gasteiger partial charge in [0.25, 0.3) is 0 Å². The Labute approximate surface area is 112 Å². The minimum absolute atomic E-state index is 0.000689. The largest absolute Gasteiger partial charge is 0.481 e. The third-order valence-electron chi connectivity index (χ3n) is 3.25. The maximum atomic E-state index is 12.0. The number of carbonyl (C=O) groups is 3. The van der Waals surface area contributed by atoms with Gasteiger partial charge in [-0.3, -0.25) is 9.59 Å². The molecule has 1 fully saturated rings. The van der Waals surface area contributed by atoms with Gasteiger partial charge in [0, 0.05) is 19.0 Å². The van der Waals surface area contributed by atoms with Gasteiger partial charge in [0.2, 0.25) is 5.91 Å². The van der Waals surface area contributed by atoms with Gasteiger partial charge in [-0.15, -0.1) is 0 Å². The number of piperidine rings is 1. The highest BCUT2D eigenvalue weighted by molar-refractivity contribution is 5.86. The Morgan fingerprint density at radius 3 is 2.68 bits per heavy atom. The number of aliphatic carboxylic acids is 1. The Morgan fingerprint density at radius 2 is 2.11 bits per heavy atom. The number of likely N-dealkylation sites (tertiary alicyclic amines) is 1. The van der Waals surface area contributed by atoms with Gasteiger partial charge in [-0.1, -0.05) is 0 Å². The quantitative estimate of drug-likeness (QED) is 0.667. The van der Waals surface area contributed by atoms with Crippen LogP contribution in [0.4, 0.5) is 4.79 Å². The van der Waals surface area contributed by atoms with Gasteiger partial charge in [-0.05, 0) is 32.6 Å². The van der Waals surface area contributed by atoms with E-state index in [0.717, 1.165) is 12.8 Å². The van der Waals surface area contributed by atoms with Crippen LogP contribution < -0.4 is 11.1 Å². The first-order valence-corrected chi connectivity index (χ1v) is 6.50. The summed E-state index contributed by atoms with van der Waals surface area (Å²) < 4.78 is 0. The zero-order chi connectivity index (χ0) is 14.4. The number of amides is 3. The van der Waals surface area contributed by atoms with Crippen LogP contribution in [0.15, 0.2) is 0 Å². The molecule has 1 saturated heterocycles. The van der Waals surface area contributed by atoms with Crippen molar-refractivity contribution in [2.75, 3.05) is 6.54 Å². The fourth-order valence-electron chi connectivity index (χ4n) is 2.18. The zero-order valence-electron chi connectivity index (χ0n) is 11.1. The second-order valence-electron chi connectivity index (χ2n) is 4.89. The Bertz CT molecular complexity index is 359. The Balaban J connectivity index is 2.50. The monoisotopic (exact) mass is 271 g/mol. The minimum atomic E-state index is -0.894. The number of primary amides is 1. The van der Waals surface area contributed by atoms with Crippen LogP contribution in [0, 0.1) is 0 Å². The van der Waals surface area contributed by atoms with E-state index in [9.17, 15) is 14.4 Å². The Morgan fingerprint density at radius 1 is 1.42 bits per heavy atom. The van der Waals surface area contributed by atoms with Crippen LogP contribution in [-0.4, -0.2) is 46.5 Å². The number of carbonyl (C=O) groups excluding carboxylic acids is 2. The van der Waals surface area contributed by atoms with Crippen LogP contribution in [0.3, 0.4) is 0 Å². The number of nitrogens with two attached hydrogens (primary N) is 1. The predicted molar refractivity (Wildman–Crippen MR) is 68.4 cm³/mol. The molecule has 7 heteroatoms. The molecule has 1 heterocycles. The van der Waals surface area contributed by atoms with Crippen LogP contribution in [0.2, 0.25) is 0 Å². The number of nitrogens with one attached hydrogen (secondary N) is 1. The lowest BCUT2D eigenvalue weighted by molar-refractivity contribution is -0.137. The number of rotatable bonds is 5. The number of urea groups is 1. The summed E-state index contributed by atoms with van der Waals surface area (Å²) in [5, 5.41) is 11.3. The summed E-state index contributed by atoms with van der Waals surface area (Å²) in [6, 6.07) is -1.15. The Kier molecular flexibility index (Phi) is 5.59. The van der Waals surface area contributed by atoms with Crippen LogP contribution in [-0.2, 0) is 9.59 Å². The summed E-state index contributed by atoms with van der Waals surface area (Å²) in [6.45, 7) is 2.25. The van der Waals surface area contributed by atoms with Crippen molar-refractivity contribution in [2.24, 2.45) is 5.73 Å². The second kappa shape index (κ2) is 6.96. The summed E-state index contributed by atoms with van der Waals surface area (Å²) in [5.74, 6) is -1.39. The molecule has 0 aromatic heterocycles. The van der Waals surface area contributed by atoms with Gasteiger partial charge < -0.3 is 21.1 Å². The summed E-state index contributed by atoms with van der Waals surface area (Å²) in [7, 11) is 0. The van der Waals surface area contributed by atoms with E-state index < -0.39 is 17.9 Å². The predicted octanol–water partition coefficient (Wildman–Crippen LogP) is 0.289. The van der Waals surface area contributed by atoms with Gasteiger partial charge in [0.15, 0.2) is 0 Å². The molecule has 108 valence electrons. The number of carboxylic acids is 1. The normalized spacial score (nSPS) is 20.7. The molecule has 0 spiro atoms. The summed E-state index contributed by atoms with van der Waals surface area (Å²) in [5.41, 5.74) is 5.29. The van der Waals surface area contributed by atoms with E-state index >= 15 is 0 Å². The molecule has 0 radical (unpaired) electrons. The molecule has 0 saturated carbocycles. The van der Waals surface area contributed by atoms with Crippen molar-refractivity contribution < 1.29 is 19.5 Å². The van der Waals surface area contributed by atoms with Crippen LogP contribution in [0.1, 0.15) is 39.0 Å². The molecule has 1 aliphatic heterocycles. The van der Waals surface area contributed by atoms with Gasteiger partial charge >= 0.3 is 12.0 Å². The first-order chi connectivity index (χ1) is 8.91. The van der Waals surface area contributed by atoms with Crippen LogP contribution in [0.5, 0.6) is 0 Å². The number of hydrogen-bond donors (Lipinski definition) is 3. The van der Waals surface area contributed by atoms with Gasteiger partial charge in [0.05, 0.1) is 0 Å². The summed E-state index contributed by atoms with van der Waals surface area (Å²) >= 11 is 0. The van der Waals surface area contributed by atoms with Gasteiger partial charge in [0.1, 0.15) is 6.04 Å². The molecule has 19 heavy (non-hydrogen) atoms. The average Bonchev–Trinajstić information content (AvgIpc) is 2.36. The fourth-order valence-corrected chi connectivity index (χ4v) is 2.18. The van der Waals surface area contributed by atoms with E-state index in [0.29, 0.717) is 19.4 Å². The van der Waals surface area contributed by atoms with Crippen molar-refractivity contribution in [1.29, 1.82) is 0 Å². The summed E-state index contributed by atoms with van der Waals surface area (Å²) in [4.78, 5) is 35.2. The number of nitrogens with zero attached hydrogens (tertiary/aromatic N) is 1. The first-order valence-electron chi connectivity index (χ1n) is 6.50. The van der Waals surface area contributed by atoms with Crippen molar-refractivity contribution in [3.05, 3.63) is 0 Å². The highest BCUT2D eigenvalue weighted by atomic mass is 16.4. The molecule has 7 nitrogen and oxygen atoms in total. The molecule has 4 N–H and O–H groups in total. The molecule has 1 aliphatic rings. The molecule has 0 bridgehead atoms. The second-order valence-corrected chi connectivity index (χ2v) is 4.89. The van der Waals surface area contributed by atoms with E-state index in [1.54, 1.807) is 6.92 Å². The average molecular weight is 271 g/mol.